The molecule has 2 heterocycles. The molecule has 1 fully saturated rings. The third kappa shape index (κ3) is 3.90. The Morgan fingerprint density at radius 2 is 2.16 bits per heavy atom. The van der Waals surface area contributed by atoms with E-state index in [-0.39, 0.29) is 0 Å². The minimum Gasteiger partial charge on any atom is -0.354 e. The van der Waals surface area contributed by atoms with Crippen LogP contribution in [0, 0.1) is 18.3 Å². The molecule has 1 aromatic carbocycles. The van der Waals surface area contributed by atoms with Crippen LogP contribution in [0.3, 0.4) is 0 Å². The van der Waals surface area contributed by atoms with Gasteiger partial charge < -0.3 is 10.2 Å². The summed E-state index contributed by atoms with van der Waals surface area (Å²) >= 11 is 0. The van der Waals surface area contributed by atoms with Crippen molar-refractivity contribution < 1.29 is 0 Å². The highest BCUT2D eigenvalue weighted by molar-refractivity contribution is 5.59. The molecule has 25 heavy (non-hydrogen) atoms. The summed E-state index contributed by atoms with van der Waals surface area (Å²) in [5.74, 6) is 1.60. The van der Waals surface area contributed by atoms with Crippen LogP contribution in [0.5, 0.6) is 0 Å². The Morgan fingerprint density at radius 1 is 1.32 bits per heavy atom. The second-order valence-electron chi connectivity index (χ2n) is 6.74. The molecule has 0 radical (unpaired) electrons. The number of hydrogen-bond donors (Lipinski definition) is 1. The number of aromatic nitrogens is 2. The first-order valence-electron chi connectivity index (χ1n) is 9.03. The number of nitrogens with one attached hydrogen (secondary N) is 1. The van der Waals surface area contributed by atoms with Crippen LogP contribution in [0.15, 0.2) is 24.3 Å². The quantitative estimate of drug-likeness (QED) is 0.880. The summed E-state index contributed by atoms with van der Waals surface area (Å²) in [6.45, 7) is 7.40. The summed E-state index contributed by atoms with van der Waals surface area (Å²) in [7, 11) is 0. The van der Waals surface area contributed by atoms with Crippen molar-refractivity contribution in [3.8, 4) is 6.07 Å². The van der Waals surface area contributed by atoms with Gasteiger partial charge in [0.25, 0.3) is 0 Å². The Bertz CT molecular complexity index is 793. The molecule has 3 rings (SSSR count). The summed E-state index contributed by atoms with van der Waals surface area (Å²) in [6.07, 6.45) is 4.40. The van der Waals surface area contributed by atoms with Crippen LogP contribution in [-0.2, 0) is 6.42 Å². The van der Waals surface area contributed by atoms with Gasteiger partial charge in [-0.1, -0.05) is 19.4 Å². The second-order valence-corrected chi connectivity index (χ2v) is 6.74. The van der Waals surface area contributed by atoms with Crippen molar-refractivity contribution >= 4 is 17.5 Å². The zero-order chi connectivity index (χ0) is 17.8. The molecule has 5 nitrogen and oxygen atoms in total. The Hall–Kier alpha value is -2.61. The largest absolute Gasteiger partial charge is 0.354 e. The van der Waals surface area contributed by atoms with Gasteiger partial charge in [0, 0.05) is 30.0 Å². The minimum absolute atomic E-state index is 0.516. The Labute approximate surface area is 149 Å². The molecule has 1 unspecified atom stereocenters. The lowest BCUT2D eigenvalue weighted by molar-refractivity contribution is 0.724. The van der Waals surface area contributed by atoms with E-state index in [4.69, 9.17) is 4.98 Å². The lowest BCUT2D eigenvalue weighted by atomic mass is 10.1. The van der Waals surface area contributed by atoms with Crippen molar-refractivity contribution in [3.05, 3.63) is 41.1 Å². The van der Waals surface area contributed by atoms with Gasteiger partial charge in [0.15, 0.2) is 0 Å². The standard InChI is InChI=1S/C20H25N5/c1-4-6-17-12-19(25-10-5-7-15(25)3)24-20(22-17)23-18-9-8-14(2)16(11-18)13-21/h8-9,11-12,15H,4-7,10H2,1-3H3,(H,22,23,24). The number of nitriles is 1. The SMILES string of the molecule is CCCc1cc(N2CCCC2C)nc(Nc2ccc(C)c(C#N)c2)n1. The fourth-order valence-corrected chi connectivity index (χ4v) is 3.29. The van der Waals surface area contributed by atoms with Crippen LogP contribution in [0.25, 0.3) is 0 Å². The molecule has 1 aromatic heterocycles. The van der Waals surface area contributed by atoms with Gasteiger partial charge in [0.2, 0.25) is 5.95 Å². The molecular weight excluding hydrogens is 310 g/mol. The molecule has 0 aliphatic carbocycles. The lowest BCUT2D eigenvalue weighted by Gasteiger charge is -2.23. The predicted molar refractivity (Wildman–Crippen MR) is 101 cm³/mol. The highest BCUT2D eigenvalue weighted by Gasteiger charge is 2.22. The third-order valence-electron chi connectivity index (χ3n) is 4.73. The summed E-state index contributed by atoms with van der Waals surface area (Å²) in [5, 5.41) is 12.5. The maximum absolute atomic E-state index is 9.22. The molecule has 1 aliphatic heterocycles. The van der Waals surface area contributed by atoms with Crippen LogP contribution >= 0.6 is 0 Å². The zero-order valence-corrected chi connectivity index (χ0v) is 15.2. The molecule has 0 bridgehead atoms. The number of nitrogens with zero attached hydrogens (tertiary/aromatic N) is 4. The number of anilines is 3. The van der Waals surface area contributed by atoms with Crippen LogP contribution in [0.4, 0.5) is 17.5 Å². The summed E-state index contributed by atoms with van der Waals surface area (Å²) < 4.78 is 0. The van der Waals surface area contributed by atoms with E-state index in [1.807, 2.05) is 25.1 Å². The third-order valence-corrected chi connectivity index (χ3v) is 4.73. The van der Waals surface area contributed by atoms with Gasteiger partial charge in [0.1, 0.15) is 5.82 Å². The average molecular weight is 335 g/mol. The van der Waals surface area contributed by atoms with E-state index in [0.717, 1.165) is 42.1 Å². The van der Waals surface area contributed by atoms with Crippen LogP contribution in [-0.4, -0.2) is 22.6 Å². The van der Waals surface area contributed by atoms with Crippen LogP contribution in [0.2, 0.25) is 0 Å². The monoisotopic (exact) mass is 335 g/mol. The Balaban J connectivity index is 1.92. The summed E-state index contributed by atoms with van der Waals surface area (Å²) in [4.78, 5) is 11.8. The van der Waals surface area contributed by atoms with E-state index < -0.39 is 0 Å². The van der Waals surface area contributed by atoms with Crippen molar-refractivity contribution in [2.24, 2.45) is 0 Å². The Morgan fingerprint density at radius 3 is 2.84 bits per heavy atom. The molecule has 0 amide bonds. The highest BCUT2D eigenvalue weighted by Crippen LogP contribution is 2.26. The number of benzene rings is 1. The molecule has 2 aromatic rings. The first kappa shape index (κ1) is 17.2. The zero-order valence-electron chi connectivity index (χ0n) is 15.2. The van der Waals surface area contributed by atoms with Gasteiger partial charge in [-0.2, -0.15) is 10.2 Å². The maximum atomic E-state index is 9.22. The molecule has 0 saturated carbocycles. The van der Waals surface area contributed by atoms with Crippen LogP contribution in [0.1, 0.15) is 49.9 Å². The molecule has 1 aliphatic rings. The molecular formula is C20H25N5. The van der Waals surface area contributed by atoms with Crippen molar-refractivity contribution in [2.45, 2.75) is 52.5 Å². The smallest absolute Gasteiger partial charge is 0.229 e. The fourth-order valence-electron chi connectivity index (χ4n) is 3.29. The first-order chi connectivity index (χ1) is 12.1. The van der Waals surface area contributed by atoms with Gasteiger partial charge >= 0.3 is 0 Å². The van der Waals surface area contributed by atoms with Crippen molar-refractivity contribution in [1.29, 1.82) is 5.26 Å². The van der Waals surface area contributed by atoms with Gasteiger partial charge in [-0.15, -0.1) is 0 Å². The van der Waals surface area contributed by atoms with E-state index in [2.05, 4.69) is 41.2 Å². The van der Waals surface area contributed by atoms with Gasteiger partial charge in [-0.25, -0.2) is 4.98 Å². The van der Waals surface area contributed by atoms with Crippen molar-refractivity contribution in [2.75, 3.05) is 16.8 Å². The van der Waals surface area contributed by atoms with E-state index in [0.29, 0.717) is 17.6 Å². The highest BCUT2D eigenvalue weighted by atomic mass is 15.3. The minimum atomic E-state index is 0.516. The van der Waals surface area contributed by atoms with Crippen molar-refractivity contribution in [3.63, 3.8) is 0 Å². The van der Waals surface area contributed by atoms with Gasteiger partial charge in [-0.05, 0) is 50.8 Å². The molecule has 130 valence electrons. The summed E-state index contributed by atoms with van der Waals surface area (Å²) in [6, 6.07) is 10.6. The number of rotatable bonds is 5. The van der Waals surface area contributed by atoms with Crippen LogP contribution < -0.4 is 10.2 Å². The maximum Gasteiger partial charge on any atom is 0.229 e. The van der Waals surface area contributed by atoms with E-state index >= 15 is 0 Å². The Kier molecular flexibility index (Phi) is 5.18. The second kappa shape index (κ2) is 7.52. The summed E-state index contributed by atoms with van der Waals surface area (Å²) in [5.41, 5.74) is 3.54. The van der Waals surface area contributed by atoms with Gasteiger partial charge in [-0.3, -0.25) is 0 Å². The van der Waals surface area contributed by atoms with E-state index in [1.165, 1.54) is 12.8 Å². The van der Waals surface area contributed by atoms with Gasteiger partial charge in [0.05, 0.1) is 11.6 Å². The lowest BCUT2D eigenvalue weighted by Crippen LogP contribution is -2.27. The molecule has 0 spiro atoms. The molecule has 1 saturated heterocycles. The van der Waals surface area contributed by atoms with E-state index in [1.54, 1.807) is 0 Å². The fraction of sp³-hybridized carbons (Fsp3) is 0.450. The number of aryl methyl sites for hydroxylation is 2. The molecule has 1 N–H and O–H groups in total. The molecule has 1 atom stereocenters. The molecule has 5 heteroatoms. The number of hydrogen-bond acceptors (Lipinski definition) is 5. The van der Waals surface area contributed by atoms with E-state index in [9.17, 15) is 5.26 Å². The topological polar surface area (TPSA) is 64.8 Å². The normalized spacial score (nSPS) is 16.7. The van der Waals surface area contributed by atoms with Crippen molar-refractivity contribution in [1.82, 2.24) is 9.97 Å². The predicted octanol–water partition coefficient (Wildman–Crippen LogP) is 4.34. The average Bonchev–Trinajstić information content (AvgIpc) is 3.03. The first-order valence-corrected chi connectivity index (χ1v) is 9.03.